The highest BCUT2D eigenvalue weighted by molar-refractivity contribution is 5.88. The van der Waals surface area contributed by atoms with Crippen molar-refractivity contribution in [2.24, 2.45) is 5.92 Å². The van der Waals surface area contributed by atoms with Crippen LogP contribution in [0.5, 0.6) is 0 Å². The van der Waals surface area contributed by atoms with E-state index in [1.165, 1.54) is 0 Å². The van der Waals surface area contributed by atoms with Gasteiger partial charge in [-0.2, -0.15) is 0 Å². The minimum absolute atomic E-state index is 0.0678. The topological polar surface area (TPSA) is 66.4 Å². The molecule has 0 saturated heterocycles. The molecule has 0 rings (SSSR count). The summed E-state index contributed by atoms with van der Waals surface area (Å²) in [6, 6.07) is 0. The zero-order valence-electron chi connectivity index (χ0n) is 12.1. The monoisotopic (exact) mass is 257 g/mol. The summed E-state index contributed by atoms with van der Waals surface area (Å²) < 4.78 is 0. The summed E-state index contributed by atoms with van der Waals surface area (Å²) in [4.78, 5) is 23.5. The molecule has 0 bridgehead atoms. The quantitative estimate of drug-likeness (QED) is 0.667. The summed E-state index contributed by atoms with van der Waals surface area (Å²) in [7, 11) is 0. The van der Waals surface area contributed by atoms with Gasteiger partial charge in [0.2, 0.25) is 5.91 Å². The van der Waals surface area contributed by atoms with Gasteiger partial charge in [-0.1, -0.05) is 40.5 Å². The maximum absolute atomic E-state index is 12.1. The molecule has 4 nitrogen and oxygen atoms in total. The van der Waals surface area contributed by atoms with Gasteiger partial charge in [-0.3, -0.25) is 4.79 Å². The summed E-state index contributed by atoms with van der Waals surface area (Å²) in [5.74, 6) is -1.12. The van der Waals surface area contributed by atoms with E-state index < -0.39 is 11.5 Å². The van der Waals surface area contributed by atoms with E-state index >= 15 is 0 Å². The molecule has 0 fully saturated rings. The van der Waals surface area contributed by atoms with Gasteiger partial charge in [-0.25, -0.2) is 4.79 Å². The van der Waals surface area contributed by atoms with E-state index in [0.717, 1.165) is 25.7 Å². The molecule has 0 aromatic rings. The molecule has 2 N–H and O–H groups in total. The summed E-state index contributed by atoms with van der Waals surface area (Å²) in [5.41, 5.74) is -1.10. The summed E-state index contributed by atoms with van der Waals surface area (Å²) in [6.07, 6.45) is 4.47. The molecule has 0 aliphatic carbocycles. The zero-order valence-corrected chi connectivity index (χ0v) is 12.1. The molecular weight excluding hydrogens is 230 g/mol. The number of rotatable bonds is 9. The molecule has 0 radical (unpaired) electrons. The molecule has 1 atom stereocenters. The number of carboxylic acid groups (broad SMARTS) is 1. The minimum Gasteiger partial charge on any atom is -0.480 e. The minimum atomic E-state index is -1.10. The molecule has 4 heteroatoms. The third kappa shape index (κ3) is 4.31. The molecule has 0 aromatic carbocycles. The van der Waals surface area contributed by atoms with Crippen LogP contribution in [0.4, 0.5) is 0 Å². The zero-order chi connectivity index (χ0) is 14.2. The SMILES string of the molecule is CCCCC(CC)C(=O)NC(CC)(CC)C(=O)O. The first-order valence-corrected chi connectivity index (χ1v) is 7.02. The lowest BCUT2D eigenvalue weighted by Gasteiger charge is -2.30. The number of hydrogen-bond acceptors (Lipinski definition) is 2. The van der Waals surface area contributed by atoms with Crippen LogP contribution in [0.25, 0.3) is 0 Å². The maximum atomic E-state index is 12.1. The summed E-state index contributed by atoms with van der Waals surface area (Å²) in [5, 5.41) is 12.0. The fraction of sp³-hybridized carbons (Fsp3) is 0.857. The lowest BCUT2D eigenvalue weighted by molar-refractivity contribution is -0.148. The van der Waals surface area contributed by atoms with Gasteiger partial charge in [-0.15, -0.1) is 0 Å². The Bertz CT molecular complexity index is 272. The Kier molecular flexibility index (Phi) is 7.64. The highest BCUT2D eigenvalue weighted by Crippen LogP contribution is 2.19. The van der Waals surface area contributed by atoms with E-state index in [4.69, 9.17) is 0 Å². The molecule has 18 heavy (non-hydrogen) atoms. The van der Waals surface area contributed by atoms with Crippen LogP contribution in [0.3, 0.4) is 0 Å². The van der Waals surface area contributed by atoms with Crippen LogP contribution in [0.1, 0.15) is 66.2 Å². The van der Waals surface area contributed by atoms with E-state index in [1.54, 1.807) is 13.8 Å². The van der Waals surface area contributed by atoms with Crippen LogP contribution in [0.2, 0.25) is 0 Å². The van der Waals surface area contributed by atoms with Crippen molar-refractivity contribution in [2.45, 2.75) is 71.8 Å². The standard InChI is InChI=1S/C14H27NO3/c1-5-9-10-11(6-2)12(16)15-14(7-3,8-4)13(17)18/h11H,5-10H2,1-4H3,(H,15,16)(H,17,18). The fourth-order valence-corrected chi connectivity index (χ4v) is 2.09. The van der Waals surface area contributed by atoms with Crippen LogP contribution in [-0.4, -0.2) is 22.5 Å². The first-order chi connectivity index (χ1) is 8.47. The molecule has 1 amide bonds. The Morgan fingerprint density at radius 2 is 1.72 bits per heavy atom. The average Bonchev–Trinajstić information content (AvgIpc) is 2.36. The first-order valence-electron chi connectivity index (χ1n) is 7.02. The molecule has 1 unspecified atom stereocenters. The molecule has 0 aromatic heterocycles. The van der Waals surface area contributed by atoms with Gasteiger partial charge in [0.1, 0.15) is 5.54 Å². The van der Waals surface area contributed by atoms with Gasteiger partial charge in [0.15, 0.2) is 0 Å². The van der Waals surface area contributed by atoms with Crippen molar-refractivity contribution in [1.29, 1.82) is 0 Å². The number of unbranched alkanes of at least 4 members (excludes halogenated alkanes) is 1. The van der Waals surface area contributed by atoms with Crippen LogP contribution in [0.15, 0.2) is 0 Å². The second-order valence-corrected chi connectivity index (χ2v) is 4.83. The predicted octanol–water partition coefficient (Wildman–Crippen LogP) is 2.96. The van der Waals surface area contributed by atoms with Crippen molar-refractivity contribution in [3.05, 3.63) is 0 Å². The van der Waals surface area contributed by atoms with E-state index in [0.29, 0.717) is 12.8 Å². The largest absolute Gasteiger partial charge is 0.480 e. The normalized spacial score (nSPS) is 13.1. The Hall–Kier alpha value is -1.06. The van der Waals surface area contributed by atoms with Crippen LogP contribution in [-0.2, 0) is 9.59 Å². The van der Waals surface area contributed by atoms with Crippen molar-refractivity contribution in [1.82, 2.24) is 5.32 Å². The van der Waals surface area contributed by atoms with E-state index in [-0.39, 0.29) is 11.8 Å². The smallest absolute Gasteiger partial charge is 0.329 e. The number of carbonyl (C=O) groups is 2. The molecule has 106 valence electrons. The van der Waals surface area contributed by atoms with Crippen molar-refractivity contribution < 1.29 is 14.7 Å². The lowest BCUT2D eigenvalue weighted by Crippen LogP contribution is -2.55. The van der Waals surface area contributed by atoms with Gasteiger partial charge < -0.3 is 10.4 Å². The lowest BCUT2D eigenvalue weighted by atomic mass is 9.90. The highest BCUT2D eigenvalue weighted by atomic mass is 16.4. The van der Waals surface area contributed by atoms with Crippen molar-refractivity contribution in [2.75, 3.05) is 0 Å². The summed E-state index contributed by atoms with van der Waals surface area (Å²) in [6.45, 7) is 7.65. The second kappa shape index (κ2) is 8.11. The van der Waals surface area contributed by atoms with Crippen LogP contribution in [0, 0.1) is 5.92 Å². The molecule has 0 aliphatic heterocycles. The van der Waals surface area contributed by atoms with Crippen LogP contribution < -0.4 is 5.32 Å². The maximum Gasteiger partial charge on any atom is 0.329 e. The first kappa shape index (κ1) is 16.9. The Labute approximate surface area is 110 Å². The van der Waals surface area contributed by atoms with E-state index in [9.17, 15) is 14.7 Å². The van der Waals surface area contributed by atoms with Gasteiger partial charge in [0, 0.05) is 5.92 Å². The average molecular weight is 257 g/mol. The van der Waals surface area contributed by atoms with E-state index in [2.05, 4.69) is 12.2 Å². The van der Waals surface area contributed by atoms with Gasteiger partial charge in [0.25, 0.3) is 0 Å². The number of carbonyl (C=O) groups excluding carboxylic acids is 1. The molecule has 0 aliphatic rings. The third-order valence-corrected chi connectivity index (χ3v) is 3.75. The van der Waals surface area contributed by atoms with Gasteiger partial charge in [0.05, 0.1) is 0 Å². The van der Waals surface area contributed by atoms with Crippen molar-refractivity contribution in [3.8, 4) is 0 Å². The summed E-state index contributed by atoms with van der Waals surface area (Å²) >= 11 is 0. The number of aliphatic carboxylic acids is 1. The third-order valence-electron chi connectivity index (χ3n) is 3.75. The number of hydrogen-bond donors (Lipinski definition) is 2. The molecule has 0 spiro atoms. The predicted molar refractivity (Wildman–Crippen MR) is 72.4 cm³/mol. The van der Waals surface area contributed by atoms with Crippen molar-refractivity contribution in [3.63, 3.8) is 0 Å². The Balaban J connectivity index is 4.71. The Morgan fingerprint density at radius 1 is 1.17 bits per heavy atom. The second-order valence-electron chi connectivity index (χ2n) is 4.83. The van der Waals surface area contributed by atoms with E-state index in [1.807, 2.05) is 6.92 Å². The molecular formula is C14H27NO3. The molecule has 0 saturated carbocycles. The van der Waals surface area contributed by atoms with Gasteiger partial charge >= 0.3 is 5.97 Å². The highest BCUT2D eigenvalue weighted by Gasteiger charge is 2.37. The molecule has 0 heterocycles. The van der Waals surface area contributed by atoms with Crippen molar-refractivity contribution >= 4 is 11.9 Å². The number of amides is 1. The number of carboxylic acids is 1. The van der Waals surface area contributed by atoms with Crippen LogP contribution >= 0.6 is 0 Å². The van der Waals surface area contributed by atoms with Gasteiger partial charge in [-0.05, 0) is 25.7 Å². The fourth-order valence-electron chi connectivity index (χ4n) is 2.09. The Morgan fingerprint density at radius 3 is 2.06 bits per heavy atom. The number of nitrogens with one attached hydrogen (secondary N) is 1.